The van der Waals surface area contributed by atoms with E-state index >= 15 is 0 Å². The number of nitrogens with one attached hydrogen (secondary N) is 1. The number of carboxylic acids is 1. The molecule has 0 spiro atoms. The summed E-state index contributed by atoms with van der Waals surface area (Å²) in [6.07, 6.45) is -6.01. The van der Waals surface area contributed by atoms with Crippen LogP contribution in [0.5, 0.6) is 5.75 Å². The van der Waals surface area contributed by atoms with Crippen molar-refractivity contribution in [3.63, 3.8) is 0 Å². The van der Waals surface area contributed by atoms with Crippen LogP contribution in [-0.4, -0.2) is 36.2 Å². The highest BCUT2D eigenvalue weighted by molar-refractivity contribution is 5.81. The first-order valence-corrected chi connectivity index (χ1v) is 10.9. The molecule has 0 saturated carbocycles. The van der Waals surface area contributed by atoms with Gasteiger partial charge in [0.05, 0.1) is 0 Å². The molecule has 35 heavy (non-hydrogen) atoms. The number of hydrogen-bond acceptors (Lipinski definition) is 4. The van der Waals surface area contributed by atoms with Gasteiger partial charge in [0.15, 0.2) is 0 Å². The molecule has 182 valence electrons. The lowest BCUT2D eigenvalue weighted by molar-refractivity contribution is -0.274. The Morgan fingerprint density at radius 2 is 1.49 bits per heavy atom. The SMILES string of the molecule is O=C(NC(CCc1ccccc1OC(F)(F)F)C(=O)O)OCC1c2ccccc2-c2ccccc21. The number of carbonyl (C=O) groups is 2. The number of halogens is 3. The van der Waals surface area contributed by atoms with Gasteiger partial charge in [-0.2, -0.15) is 0 Å². The van der Waals surface area contributed by atoms with E-state index in [4.69, 9.17) is 4.74 Å². The van der Waals surface area contributed by atoms with Crippen LogP contribution >= 0.6 is 0 Å². The first kappa shape index (κ1) is 24.1. The molecule has 1 amide bonds. The van der Waals surface area contributed by atoms with Crippen LogP contribution in [0.15, 0.2) is 72.8 Å². The monoisotopic (exact) mass is 485 g/mol. The van der Waals surface area contributed by atoms with Crippen LogP contribution in [0.3, 0.4) is 0 Å². The number of benzene rings is 3. The first-order valence-electron chi connectivity index (χ1n) is 10.9. The molecule has 0 radical (unpaired) electrons. The van der Waals surface area contributed by atoms with Gasteiger partial charge in [0.25, 0.3) is 0 Å². The Morgan fingerprint density at radius 1 is 0.914 bits per heavy atom. The van der Waals surface area contributed by atoms with Crippen LogP contribution in [0, 0.1) is 0 Å². The average molecular weight is 485 g/mol. The van der Waals surface area contributed by atoms with Crippen molar-refractivity contribution in [2.75, 3.05) is 6.61 Å². The van der Waals surface area contributed by atoms with E-state index in [9.17, 15) is 27.9 Å². The Bertz CT molecular complexity index is 1180. The second-order valence-corrected chi connectivity index (χ2v) is 8.05. The first-order chi connectivity index (χ1) is 16.7. The maximum Gasteiger partial charge on any atom is 0.573 e. The molecule has 9 heteroatoms. The van der Waals surface area contributed by atoms with E-state index in [1.807, 2.05) is 48.5 Å². The minimum absolute atomic E-state index is 0.00839. The lowest BCUT2D eigenvalue weighted by atomic mass is 9.98. The number of carbonyl (C=O) groups excluding carboxylic acids is 1. The molecule has 1 aliphatic rings. The van der Waals surface area contributed by atoms with Crippen molar-refractivity contribution < 1.29 is 37.3 Å². The third-order valence-electron chi connectivity index (χ3n) is 5.83. The number of aryl methyl sites for hydroxylation is 1. The minimum Gasteiger partial charge on any atom is -0.480 e. The summed E-state index contributed by atoms with van der Waals surface area (Å²) >= 11 is 0. The van der Waals surface area contributed by atoms with Gasteiger partial charge < -0.3 is 19.9 Å². The van der Waals surface area contributed by atoms with Gasteiger partial charge in [0, 0.05) is 5.92 Å². The maximum absolute atomic E-state index is 12.6. The molecule has 3 aromatic carbocycles. The van der Waals surface area contributed by atoms with Crippen LogP contribution in [0.2, 0.25) is 0 Å². The molecule has 0 saturated heterocycles. The number of amides is 1. The second-order valence-electron chi connectivity index (χ2n) is 8.05. The third kappa shape index (κ3) is 5.74. The number of fused-ring (bicyclic) bond motifs is 3. The number of alkyl carbamates (subject to hydrolysis) is 1. The number of rotatable bonds is 8. The molecule has 1 atom stereocenters. The number of para-hydroxylation sites is 1. The lowest BCUT2D eigenvalue weighted by Crippen LogP contribution is -2.41. The maximum atomic E-state index is 12.6. The van der Waals surface area contributed by atoms with E-state index < -0.39 is 30.2 Å². The summed E-state index contributed by atoms with van der Waals surface area (Å²) in [5.74, 6) is -1.93. The fraction of sp³-hybridized carbons (Fsp3) is 0.231. The molecule has 1 aliphatic carbocycles. The number of ether oxygens (including phenoxy) is 2. The molecule has 0 bridgehead atoms. The number of alkyl halides is 3. The van der Waals surface area contributed by atoms with E-state index in [1.165, 1.54) is 18.2 Å². The van der Waals surface area contributed by atoms with Gasteiger partial charge in [-0.15, -0.1) is 13.2 Å². The molecule has 2 N–H and O–H groups in total. The quantitative estimate of drug-likeness (QED) is 0.440. The third-order valence-corrected chi connectivity index (χ3v) is 5.83. The highest BCUT2D eigenvalue weighted by Gasteiger charge is 2.32. The fourth-order valence-electron chi connectivity index (χ4n) is 4.27. The zero-order valence-corrected chi connectivity index (χ0v) is 18.4. The molecule has 0 fully saturated rings. The summed E-state index contributed by atoms with van der Waals surface area (Å²) in [7, 11) is 0. The van der Waals surface area contributed by atoms with E-state index in [1.54, 1.807) is 0 Å². The molecule has 6 nitrogen and oxygen atoms in total. The van der Waals surface area contributed by atoms with Gasteiger partial charge in [-0.25, -0.2) is 9.59 Å². The van der Waals surface area contributed by atoms with Crippen molar-refractivity contribution in [3.05, 3.63) is 89.5 Å². The average Bonchev–Trinajstić information content (AvgIpc) is 3.14. The fourth-order valence-corrected chi connectivity index (χ4v) is 4.27. The molecule has 0 aromatic heterocycles. The van der Waals surface area contributed by atoms with Gasteiger partial charge in [-0.3, -0.25) is 0 Å². The molecule has 0 aliphatic heterocycles. The standard InChI is InChI=1S/C26H22F3NO5/c27-26(28,29)35-23-12-6-1-7-16(23)13-14-22(24(31)32)30-25(33)34-15-21-19-10-4-2-8-17(19)18-9-3-5-11-20(18)21/h1-12,21-22H,13-15H2,(H,30,33)(H,31,32). The molecule has 4 rings (SSSR count). The summed E-state index contributed by atoms with van der Waals surface area (Å²) in [6.45, 7) is 0.00839. The Morgan fingerprint density at radius 3 is 2.09 bits per heavy atom. The van der Waals surface area contributed by atoms with Gasteiger partial charge in [-0.1, -0.05) is 66.7 Å². The predicted octanol–water partition coefficient (Wildman–Crippen LogP) is 5.51. The van der Waals surface area contributed by atoms with Crippen LogP contribution in [0.1, 0.15) is 29.0 Å². The highest BCUT2D eigenvalue weighted by atomic mass is 19.4. The zero-order valence-electron chi connectivity index (χ0n) is 18.4. The Hall–Kier alpha value is -4.01. The van der Waals surface area contributed by atoms with Crippen LogP contribution in [0.25, 0.3) is 11.1 Å². The summed E-state index contributed by atoms with van der Waals surface area (Å²) in [4.78, 5) is 24.1. The van der Waals surface area contributed by atoms with E-state index in [0.29, 0.717) is 0 Å². The largest absolute Gasteiger partial charge is 0.573 e. The van der Waals surface area contributed by atoms with Crippen LogP contribution < -0.4 is 10.1 Å². The molecular weight excluding hydrogens is 463 g/mol. The van der Waals surface area contributed by atoms with Crippen LogP contribution in [0.4, 0.5) is 18.0 Å². The smallest absolute Gasteiger partial charge is 0.480 e. The van der Waals surface area contributed by atoms with Gasteiger partial charge in [0.2, 0.25) is 0 Å². The van der Waals surface area contributed by atoms with E-state index in [2.05, 4.69) is 10.1 Å². The molecule has 1 unspecified atom stereocenters. The van der Waals surface area contributed by atoms with Crippen molar-refractivity contribution in [3.8, 4) is 16.9 Å². The summed E-state index contributed by atoms with van der Waals surface area (Å²) in [5, 5.41) is 11.8. The van der Waals surface area contributed by atoms with Crippen molar-refractivity contribution in [2.45, 2.75) is 31.2 Å². The molecule has 0 heterocycles. The van der Waals surface area contributed by atoms with Gasteiger partial charge in [0.1, 0.15) is 18.4 Å². The highest BCUT2D eigenvalue weighted by Crippen LogP contribution is 2.44. The summed E-state index contributed by atoms with van der Waals surface area (Å²) in [5.41, 5.74) is 4.31. The molecule has 3 aromatic rings. The topological polar surface area (TPSA) is 84.9 Å². The normalized spacial score (nSPS) is 13.5. The van der Waals surface area contributed by atoms with Crippen molar-refractivity contribution >= 4 is 12.1 Å². The summed E-state index contributed by atoms with van der Waals surface area (Å²) < 4.78 is 47.3. The predicted molar refractivity (Wildman–Crippen MR) is 121 cm³/mol. The van der Waals surface area contributed by atoms with E-state index in [0.717, 1.165) is 28.3 Å². The minimum atomic E-state index is -4.87. The number of aliphatic carboxylic acids is 1. The Labute approximate surface area is 199 Å². The van der Waals surface area contributed by atoms with Gasteiger partial charge >= 0.3 is 18.4 Å². The Balaban J connectivity index is 1.38. The van der Waals surface area contributed by atoms with Crippen molar-refractivity contribution in [1.82, 2.24) is 5.32 Å². The number of carboxylic acid groups (broad SMARTS) is 1. The van der Waals surface area contributed by atoms with Crippen molar-refractivity contribution in [1.29, 1.82) is 0 Å². The Kier molecular flexibility index (Phi) is 6.95. The van der Waals surface area contributed by atoms with Crippen molar-refractivity contribution in [2.24, 2.45) is 0 Å². The van der Waals surface area contributed by atoms with Gasteiger partial charge in [-0.05, 0) is 46.7 Å². The zero-order chi connectivity index (χ0) is 25.0. The summed E-state index contributed by atoms with van der Waals surface area (Å²) in [6, 6.07) is 19.7. The van der Waals surface area contributed by atoms with Crippen LogP contribution in [-0.2, 0) is 16.0 Å². The van der Waals surface area contributed by atoms with E-state index in [-0.39, 0.29) is 30.9 Å². The lowest BCUT2D eigenvalue weighted by Gasteiger charge is -2.18. The molecular formula is C26H22F3NO5. The number of hydrogen-bond donors (Lipinski definition) is 2. The second kappa shape index (κ2) is 10.1.